The first-order valence-electron chi connectivity index (χ1n) is 7.05. The van der Waals surface area contributed by atoms with Crippen molar-refractivity contribution in [2.45, 2.75) is 51.7 Å². The second kappa shape index (κ2) is 8.06. The lowest BCUT2D eigenvalue weighted by Gasteiger charge is -2.33. The molecule has 0 aromatic carbocycles. The summed E-state index contributed by atoms with van der Waals surface area (Å²) in [6, 6.07) is -0.329. The molecule has 3 unspecified atom stereocenters. The first-order valence-corrected chi connectivity index (χ1v) is 7.05. The maximum Gasteiger partial charge on any atom is 0.279 e. The fraction of sp³-hybridized carbons (Fsp3) is 0.846. The van der Waals surface area contributed by atoms with E-state index in [-0.39, 0.29) is 30.1 Å². The summed E-state index contributed by atoms with van der Waals surface area (Å²) in [6.45, 7) is 4.93. The van der Waals surface area contributed by atoms with E-state index >= 15 is 0 Å². The molecule has 0 aromatic rings. The van der Waals surface area contributed by atoms with E-state index in [0.29, 0.717) is 31.8 Å². The van der Waals surface area contributed by atoms with E-state index in [0.717, 1.165) is 6.42 Å². The van der Waals surface area contributed by atoms with Crippen LogP contribution in [0.5, 0.6) is 0 Å². The van der Waals surface area contributed by atoms with Gasteiger partial charge < -0.3 is 15.2 Å². The number of rotatable bonds is 6. The normalized spacial score (nSPS) is 26.3. The van der Waals surface area contributed by atoms with Gasteiger partial charge in [0.25, 0.3) is 6.02 Å². The molecule has 0 saturated heterocycles. The lowest BCUT2D eigenvalue weighted by molar-refractivity contribution is -0.130. The van der Waals surface area contributed by atoms with Crippen molar-refractivity contribution in [3.63, 3.8) is 0 Å². The largest absolute Gasteiger partial charge is 0.462 e. The van der Waals surface area contributed by atoms with Crippen LogP contribution in [0.25, 0.3) is 0 Å². The number of amidine groups is 1. The lowest BCUT2D eigenvalue weighted by Crippen LogP contribution is -2.44. The standard InChI is InChI=1S/C13H26N4O3/c1-8(2)3-4-19-10-5-9(12(18)17-16)6-11(7-10)20-13(14)15/h8-11H,3-7,16H2,1-2H3,(H3,14,15)(H,17,18). The quantitative estimate of drug-likeness (QED) is 0.186. The number of carbonyl (C=O) groups excluding carboxylic acids is 1. The zero-order valence-corrected chi connectivity index (χ0v) is 12.2. The summed E-state index contributed by atoms with van der Waals surface area (Å²) in [4.78, 5) is 11.7. The second-order valence-corrected chi connectivity index (χ2v) is 5.69. The van der Waals surface area contributed by atoms with E-state index in [1.54, 1.807) is 0 Å². The summed E-state index contributed by atoms with van der Waals surface area (Å²) in [5.41, 5.74) is 7.43. The summed E-state index contributed by atoms with van der Waals surface area (Å²) in [6.07, 6.45) is 2.42. The van der Waals surface area contributed by atoms with Crippen molar-refractivity contribution in [3.05, 3.63) is 0 Å². The minimum atomic E-state index is -0.329. The smallest absolute Gasteiger partial charge is 0.279 e. The molecule has 3 atom stereocenters. The Labute approximate surface area is 119 Å². The fourth-order valence-electron chi connectivity index (χ4n) is 2.43. The molecule has 1 fully saturated rings. The summed E-state index contributed by atoms with van der Waals surface area (Å²) >= 11 is 0. The molecule has 0 aromatic heterocycles. The molecular formula is C13H26N4O3. The third-order valence-electron chi connectivity index (χ3n) is 3.48. The number of nitrogens with one attached hydrogen (secondary N) is 2. The predicted octanol–water partition coefficient (Wildman–Crippen LogP) is 0.486. The number of amides is 1. The highest BCUT2D eigenvalue weighted by molar-refractivity contribution is 5.78. The SMILES string of the molecule is CC(C)CCOC1CC(OC(=N)N)CC(C(=O)NN)C1. The van der Waals surface area contributed by atoms with Crippen LogP contribution in [-0.4, -0.2) is 30.7 Å². The van der Waals surface area contributed by atoms with Crippen LogP contribution in [0.1, 0.15) is 39.5 Å². The van der Waals surface area contributed by atoms with Crippen LogP contribution in [0.3, 0.4) is 0 Å². The third-order valence-corrected chi connectivity index (χ3v) is 3.48. The van der Waals surface area contributed by atoms with Crippen molar-refractivity contribution >= 4 is 11.9 Å². The van der Waals surface area contributed by atoms with Crippen LogP contribution in [0.2, 0.25) is 0 Å². The second-order valence-electron chi connectivity index (χ2n) is 5.69. The van der Waals surface area contributed by atoms with E-state index in [1.807, 2.05) is 0 Å². The fourth-order valence-corrected chi connectivity index (χ4v) is 2.43. The van der Waals surface area contributed by atoms with Gasteiger partial charge in [0.15, 0.2) is 0 Å². The number of nitrogens with two attached hydrogens (primary N) is 2. The highest BCUT2D eigenvalue weighted by Crippen LogP contribution is 2.29. The van der Waals surface area contributed by atoms with E-state index in [9.17, 15) is 4.79 Å². The summed E-state index contributed by atoms with van der Waals surface area (Å²) in [5.74, 6) is 5.28. The molecule has 0 aliphatic heterocycles. The average molecular weight is 286 g/mol. The van der Waals surface area contributed by atoms with Gasteiger partial charge >= 0.3 is 0 Å². The van der Waals surface area contributed by atoms with Crippen LogP contribution in [-0.2, 0) is 14.3 Å². The van der Waals surface area contributed by atoms with E-state index in [4.69, 9.17) is 26.5 Å². The van der Waals surface area contributed by atoms with Gasteiger partial charge in [0.2, 0.25) is 5.91 Å². The maximum atomic E-state index is 11.7. The zero-order chi connectivity index (χ0) is 15.1. The molecule has 1 amide bonds. The van der Waals surface area contributed by atoms with E-state index < -0.39 is 0 Å². The molecule has 1 rings (SSSR count). The number of hydrogen-bond acceptors (Lipinski definition) is 5. The molecule has 0 radical (unpaired) electrons. The first-order chi connectivity index (χ1) is 9.42. The van der Waals surface area contributed by atoms with E-state index in [1.165, 1.54) is 0 Å². The Balaban J connectivity index is 2.54. The Hall–Kier alpha value is -1.34. The summed E-state index contributed by atoms with van der Waals surface area (Å²) in [7, 11) is 0. The minimum Gasteiger partial charge on any atom is -0.462 e. The predicted molar refractivity (Wildman–Crippen MR) is 75.7 cm³/mol. The first kappa shape index (κ1) is 16.7. The molecule has 0 heterocycles. The molecule has 0 spiro atoms. The van der Waals surface area contributed by atoms with Crippen molar-refractivity contribution < 1.29 is 14.3 Å². The van der Waals surface area contributed by atoms with Crippen LogP contribution in [0, 0.1) is 17.2 Å². The summed E-state index contributed by atoms with van der Waals surface area (Å²) < 4.78 is 11.1. The monoisotopic (exact) mass is 286 g/mol. The van der Waals surface area contributed by atoms with Crippen molar-refractivity contribution in [2.24, 2.45) is 23.4 Å². The highest BCUT2D eigenvalue weighted by Gasteiger charge is 2.34. The van der Waals surface area contributed by atoms with Gasteiger partial charge in [-0.05, 0) is 25.2 Å². The van der Waals surface area contributed by atoms with Gasteiger partial charge in [-0.1, -0.05) is 13.8 Å². The molecule has 0 bridgehead atoms. The summed E-state index contributed by atoms with van der Waals surface area (Å²) in [5, 5.41) is 7.20. The average Bonchev–Trinajstić information content (AvgIpc) is 2.36. The van der Waals surface area contributed by atoms with Crippen molar-refractivity contribution in [1.29, 1.82) is 5.41 Å². The Morgan fingerprint density at radius 2 is 2.00 bits per heavy atom. The van der Waals surface area contributed by atoms with Crippen molar-refractivity contribution in [1.82, 2.24) is 5.43 Å². The molecule has 1 aliphatic rings. The number of carbonyl (C=O) groups is 1. The van der Waals surface area contributed by atoms with Gasteiger partial charge in [0.05, 0.1) is 6.10 Å². The highest BCUT2D eigenvalue weighted by atomic mass is 16.5. The van der Waals surface area contributed by atoms with Crippen LogP contribution < -0.4 is 17.0 Å². The number of hydrogen-bond donors (Lipinski definition) is 4. The Morgan fingerprint density at radius 3 is 2.55 bits per heavy atom. The van der Waals surface area contributed by atoms with Gasteiger partial charge in [0.1, 0.15) is 6.10 Å². The molecule has 116 valence electrons. The van der Waals surface area contributed by atoms with Gasteiger partial charge in [-0.2, -0.15) is 0 Å². The van der Waals surface area contributed by atoms with Crippen LogP contribution in [0.4, 0.5) is 0 Å². The Morgan fingerprint density at radius 1 is 1.35 bits per heavy atom. The molecule has 1 aliphatic carbocycles. The maximum absolute atomic E-state index is 11.7. The van der Waals surface area contributed by atoms with Gasteiger partial charge in [-0.15, -0.1) is 0 Å². The topological polar surface area (TPSA) is 123 Å². The molecule has 20 heavy (non-hydrogen) atoms. The van der Waals surface area contributed by atoms with Crippen LogP contribution in [0.15, 0.2) is 0 Å². The van der Waals surface area contributed by atoms with Gasteiger partial charge in [0, 0.05) is 18.9 Å². The molecule has 1 saturated carbocycles. The molecule has 7 nitrogen and oxygen atoms in total. The van der Waals surface area contributed by atoms with E-state index in [2.05, 4.69) is 19.3 Å². The zero-order valence-electron chi connectivity index (χ0n) is 12.2. The molecule has 6 N–H and O–H groups in total. The third kappa shape index (κ3) is 5.75. The molecular weight excluding hydrogens is 260 g/mol. The van der Waals surface area contributed by atoms with Gasteiger partial charge in [-0.3, -0.25) is 15.6 Å². The minimum absolute atomic E-state index is 0.0610. The molecule has 7 heteroatoms. The van der Waals surface area contributed by atoms with Crippen LogP contribution >= 0.6 is 0 Å². The van der Waals surface area contributed by atoms with Gasteiger partial charge in [-0.25, -0.2) is 5.84 Å². The number of ether oxygens (including phenoxy) is 2. The Kier molecular flexibility index (Phi) is 6.74. The number of hydrazine groups is 1. The Bertz CT molecular complexity index is 336. The van der Waals surface area contributed by atoms with Crippen molar-refractivity contribution in [2.75, 3.05) is 6.61 Å². The lowest BCUT2D eigenvalue weighted by atomic mass is 9.84. The van der Waals surface area contributed by atoms with Crippen molar-refractivity contribution in [3.8, 4) is 0 Å².